The minimum Gasteiger partial charge on any atom is -0.489 e. The van der Waals surface area contributed by atoms with E-state index in [1.165, 1.54) is 23.7 Å². The summed E-state index contributed by atoms with van der Waals surface area (Å²) in [4.78, 5) is 29.0. The van der Waals surface area contributed by atoms with Gasteiger partial charge in [0.25, 0.3) is 11.8 Å². The molecule has 0 unspecified atom stereocenters. The number of fused-ring (bicyclic) bond motifs is 1. The highest BCUT2D eigenvalue weighted by atomic mass is 16.5. The molecule has 0 saturated heterocycles. The largest absolute Gasteiger partial charge is 0.489 e. The number of hydrogen-bond acceptors (Lipinski definition) is 5. The Morgan fingerprint density at radius 3 is 2.50 bits per heavy atom. The molecule has 4 aromatic rings. The van der Waals surface area contributed by atoms with Gasteiger partial charge in [-0.15, -0.1) is 0 Å². The number of nitrogens with one attached hydrogen (secondary N) is 2. The summed E-state index contributed by atoms with van der Waals surface area (Å²) in [6.45, 7) is 2.19. The van der Waals surface area contributed by atoms with Crippen LogP contribution in [0.3, 0.4) is 0 Å². The van der Waals surface area contributed by atoms with Gasteiger partial charge >= 0.3 is 0 Å². The van der Waals surface area contributed by atoms with Gasteiger partial charge in [-0.2, -0.15) is 5.10 Å². The molecule has 0 spiro atoms. The van der Waals surface area contributed by atoms with E-state index in [0.29, 0.717) is 29.1 Å². The van der Waals surface area contributed by atoms with E-state index in [-0.39, 0.29) is 11.8 Å². The number of ether oxygens (including phenoxy) is 1. The minimum atomic E-state index is -0.302. The highest BCUT2D eigenvalue weighted by molar-refractivity contribution is 6.05. The first-order valence-electron chi connectivity index (χ1n) is 12.6. The summed E-state index contributed by atoms with van der Waals surface area (Å²) in [6, 6.07) is 24.3. The lowest BCUT2D eigenvalue weighted by Gasteiger charge is -2.09. The minimum absolute atomic E-state index is 0.233. The monoisotopic (exact) mass is 504 g/mol. The average molecular weight is 505 g/mol. The molecule has 3 aromatic carbocycles. The summed E-state index contributed by atoms with van der Waals surface area (Å²) < 4.78 is 5.98. The molecule has 7 nitrogen and oxygen atoms in total. The third-order valence-electron chi connectivity index (χ3n) is 6.47. The molecule has 1 heterocycles. The molecule has 0 radical (unpaired) electrons. The summed E-state index contributed by atoms with van der Waals surface area (Å²) in [5, 5.41) is 7.09. The number of carbonyl (C=O) groups excluding carboxylic acids is 2. The second-order valence-corrected chi connectivity index (χ2v) is 9.18. The van der Waals surface area contributed by atoms with Gasteiger partial charge in [0.2, 0.25) is 0 Å². The summed E-state index contributed by atoms with van der Waals surface area (Å²) in [6.07, 6.45) is 6.59. The quantitative estimate of drug-likeness (QED) is 0.243. The van der Waals surface area contributed by atoms with Crippen LogP contribution in [0.2, 0.25) is 0 Å². The standard InChI is InChI=1S/C31H28N4O3/c1-21(23-10-13-28(14-11-23)33-30(36)27-9-4-16-32-19-27)34-35-31(37)26-8-2-5-22(17-26)20-38-29-15-12-24-6-3-7-25(24)18-29/h2,4-5,8-19H,3,6-7,20H2,1H3,(H,33,36)(H,35,37). The molecule has 0 bridgehead atoms. The Bertz CT molecular complexity index is 1480. The van der Waals surface area contributed by atoms with Crippen molar-refractivity contribution in [2.24, 2.45) is 5.10 Å². The second-order valence-electron chi connectivity index (χ2n) is 9.18. The normalized spacial score (nSPS) is 12.5. The molecule has 0 aliphatic heterocycles. The molecule has 1 aliphatic rings. The van der Waals surface area contributed by atoms with Crippen LogP contribution in [-0.2, 0) is 19.4 Å². The van der Waals surface area contributed by atoms with Gasteiger partial charge in [0.15, 0.2) is 0 Å². The molecule has 1 aliphatic carbocycles. The Hall–Kier alpha value is -4.78. The van der Waals surface area contributed by atoms with Gasteiger partial charge in [-0.25, -0.2) is 5.43 Å². The van der Waals surface area contributed by atoms with E-state index in [4.69, 9.17) is 4.74 Å². The van der Waals surface area contributed by atoms with Crippen molar-refractivity contribution in [3.63, 3.8) is 0 Å². The van der Waals surface area contributed by atoms with Crippen LogP contribution >= 0.6 is 0 Å². The van der Waals surface area contributed by atoms with Crippen molar-refractivity contribution in [1.82, 2.24) is 10.4 Å². The summed E-state index contributed by atoms with van der Waals surface area (Å²) in [5.41, 5.74) is 9.41. The van der Waals surface area contributed by atoms with Crippen LogP contribution in [0.5, 0.6) is 5.75 Å². The second kappa shape index (κ2) is 11.5. The van der Waals surface area contributed by atoms with Gasteiger partial charge in [0.1, 0.15) is 12.4 Å². The molecular formula is C31H28N4O3. The summed E-state index contributed by atoms with van der Waals surface area (Å²) >= 11 is 0. The number of rotatable bonds is 8. The fourth-order valence-corrected chi connectivity index (χ4v) is 4.37. The highest BCUT2D eigenvalue weighted by Crippen LogP contribution is 2.26. The van der Waals surface area contributed by atoms with Gasteiger partial charge in [-0.3, -0.25) is 14.6 Å². The molecule has 7 heteroatoms. The number of nitrogens with zero attached hydrogens (tertiary/aromatic N) is 2. The lowest BCUT2D eigenvalue weighted by atomic mass is 10.1. The van der Waals surface area contributed by atoms with Crippen molar-refractivity contribution < 1.29 is 14.3 Å². The van der Waals surface area contributed by atoms with Crippen LogP contribution in [0.4, 0.5) is 5.69 Å². The van der Waals surface area contributed by atoms with Gasteiger partial charge in [0.05, 0.1) is 11.3 Å². The van der Waals surface area contributed by atoms with E-state index in [1.807, 2.05) is 43.3 Å². The van der Waals surface area contributed by atoms with Crippen LogP contribution in [0.1, 0.15) is 56.3 Å². The molecule has 0 fully saturated rings. The number of benzene rings is 3. The zero-order chi connectivity index (χ0) is 26.3. The van der Waals surface area contributed by atoms with Crippen molar-refractivity contribution in [3.8, 4) is 5.75 Å². The van der Waals surface area contributed by atoms with Gasteiger partial charge in [0, 0.05) is 23.6 Å². The molecule has 5 rings (SSSR count). The lowest BCUT2D eigenvalue weighted by Crippen LogP contribution is -2.19. The molecule has 38 heavy (non-hydrogen) atoms. The number of carbonyl (C=O) groups is 2. The highest BCUT2D eigenvalue weighted by Gasteiger charge is 2.12. The van der Waals surface area contributed by atoms with Crippen molar-refractivity contribution >= 4 is 23.2 Å². The number of hydrogen-bond donors (Lipinski definition) is 2. The molecular weight excluding hydrogens is 476 g/mol. The fourth-order valence-electron chi connectivity index (χ4n) is 4.37. The Morgan fingerprint density at radius 2 is 1.68 bits per heavy atom. The zero-order valence-corrected chi connectivity index (χ0v) is 21.1. The summed E-state index contributed by atoms with van der Waals surface area (Å²) in [7, 11) is 0. The number of aromatic nitrogens is 1. The zero-order valence-electron chi connectivity index (χ0n) is 21.1. The average Bonchev–Trinajstić information content (AvgIpc) is 3.44. The molecule has 1 aromatic heterocycles. The van der Waals surface area contributed by atoms with Crippen molar-refractivity contribution in [2.75, 3.05) is 5.32 Å². The van der Waals surface area contributed by atoms with Gasteiger partial charge in [-0.1, -0.05) is 30.3 Å². The van der Waals surface area contributed by atoms with Gasteiger partial charge in [-0.05, 0) is 97.0 Å². The van der Waals surface area contributed by atoms with Crippen LogP contribution in [-0.4, -0.2) is 22.5 Å². The van der Waals surface area contributed by atoms with Crippen molar-refractivity contribution in [1.29, 1.82) is 0 Å². The predicted octanol–water partition coefficient (Wildman–Crippen LogP) is 5.56. The number of amides is 2. The molecule has 0 atom stereocenters. The third-order valence-corrected chi connectivity index (χ3v) is 6.47. The van der Waals surface area contributed by atoms with E-state index in [9.17, 15) is 9.59 Å². The Balaban J connectivity index is 1.16. The number of hydrazone groups is 1. The smallest absolute Gasteiger partial charge is 0.271 e. The van der Waals surface area contributed by atoms with E-state index < -0.39 is 0 Å². The molecule has 0 saturated carbocycles. The van der Waals surface area contributed by atoms with Gasteiger partial charge < -0.3 is 10.1 Å². The number of anilines is 1. The molecule has 190 valence electrons. The molecule has 2 N–H and O–H groups in total. The van der Waals surface area contributed by atoms with E-state index >= 15 is 0 Å². The first-order valence-corrected chi connectivity index (χ1v) is 12.6. The van der Waals surface area contributed by atoms with Crippen LogP contribution < -0.4 is 15.5 Å². The van der Waals surface area contributed by atoms with Crippen LogP contribution in [0.15, 0.2) is 96.4 Å². The molecule has 2 amide bonds. The Kier molecular flexibility index (Phi) is 7.54. The maximum atomic E-state index is 12.7. The summed E-state index contributed by atoms with van der Waals surface area (Å²) in [5.74, 6) is 0.316. The van der Waals surface area contributed by atoms with Crippen molar-refractivity contribution in [2.45, 2.75) is 32.8 Å². The topological polar surface area (TPSA) is 92.7 Å². The predicted molar refractivity (Wildman–Crippen MR) is 148 cm³/mol. The van der Waals surface area contributed by atoms with E-state index in [1.54, 1.807) is 36.5 Å². The van der Waals surface area contributed by atoms with E-state index in [2.05, 4.69) is 33.0 Å². The first kappa shape index (κ1) is 24.9. The first-order chi connectivity index (χ1) is 18.5. The number of aryl methyl sites for hydroxylation is 2. The van der Waals surface area contributed by atoms with Crippen LogP contribution in [0.25, 0.3) is 0 Å². The SMILES string of the molecule is CC(=NNC(=O)c1cccc(COc2ccc3c(c2)CCC3)c1)c1ccc(NC(=O)c2cccnc2)cc1. The third kappa shape index (κ3) is 6.13. The fraction of sp³-hybridized carbons (Fsp3) is 0.161. The number of pyridine rings is 1. The van der Waals surface area contributed by atoms with Crippen molar-refractivity contribution in [3.05, 3.63) is 125 Å². The van der Waals surface area contributed by atoms with Crippen LogP contribution in [0, 0.1) is 0 Å². The van der Waals surface area contributed by atoms with E-state index in [0.717, 1.165) is 29.7 Å². The Morgan fingerprint density at radius 1 is 0.868 bits per heavy atom. The lowest BCUT2D eigenvalue weighted by molar-refractivity contribution is 0.0953. The maximum absolute atomic E-state index is 12.7. The Labute approximate surface area is 221 Å². The maximum Gasteiger partial charge on any atom is 0.271 e.